The van der Waals surface area contributed by atoms with Crippen molar-refractivity contribution in [2.24, 2.45) is 0 Å². The minimum atomic E-state index is -0.218. The summed E-state index contributed by atoms with van der Waals surface area (Å²) in [6.45, 7) is 0.941. The predicted octanol–water partition coefficient (Wildman–Crippen LogP) is -0.257. The highest BCUT2D eigenvalue weighted by molar-refractivity contribution is 5.86. The maximum absolute atomic E-state index is 10.8. The fourth-order valence-corrected chi connectivity index (χ4v) is 1.31. The molecule has 2 aliphatic heterocycles. The van der Waals surface area contributed by atoms with E-state index < -0.39 is 0 Å². The lowest BCUT2D eigenvalue weighted by Crippen LogP contribution is -2.21. The van der Waals surface area contributed by atoms with Crippen molar-refractivity contribution < 1.29 is 14.3 Å². The highest BCUT2D eigenvalue weighted by atomic mass is 16.6. The highest BCUT2D eigenvalue weighted by Gasteiger charge is 2.40. The molecular formula is C6H8O3. The molecule has 0 saturated carbocycles. The van der Waals surface area contributed by atoms with Gasteiger partial charge in [-0.1, -0.05) is 0 Å². The van der Waals surface area contributed by atoms with E-state index in [0.29, 0.717) is 6.61 Å². The fourth-order valence-electron chi connectivity index (χ4n) is 1.31. The van der Waals surface area contributed by atoms with Crippen LogP contribution in [0.4, 0.5) is 0 Å². The molecule has 0 N–H and O–H groups in total. The molecule has 2 rings (SSSR count). The number of ether oxygens (including phenoxy) is 2. The molecule has 0 aromatic heterocycles. The molecule has 3 heteroatoms. The minimum Gasteiger partial charge on any atom is -0.367 e. The van der Waals surface area contributed by atoms with Crippen LogP contribution in [0.5, 0.6) is 0 Å². The van der Waals surface area contributed by atoms with Crippen molar-refractivity contribution >= 4 is 5.78 Å². The van der Waals surface area contributed by atoms with E-state index in [1.54, 1.807) is 0 Å². The van der Waals surface area contributed by atoms with Gasteiger partial charge in [0.2, 0.25) is 0 Å². The SMILES string of the molecule is O=C1COC2CCOC12. The third kappa shape index (κ3) is 0.686. The molecule has 0 spiro atoms. The van der Waals surface area contributed by atoms with Gasteiger partial charge in [-0.2, -0.15) is 0 Å². The molecule has 3 nitrogen and oxygen atoms in total. The van der Waals surface area contributed by atoms with Crippen LogP contribution >= 0.6 is 0 Å². The van der Waals surface area contributed by atoms with Gasteiger partial charge in [-0.25, -0.2) is 0 Å². The van der Waals surface area contributed by atoms with Crippen LogP contribution in [0.2, 0.25) is 0 Å². The van der Waals surface area contributed by atoms with Crippen molar-refractivity contribution in [2.75, 3.05) is 13.2 Å². The number of hydrogen-bond donors (Lipinski definition) is 0. The van der Waals surface area contributed by atoms with Crippen LogP contribution < -0.4 is 0 Å². The molecule has 2 fully saturated rings. The van der Waals surface area contributed by atoms with Crippen molar-refractivity contribution in [1.29, 1.82) is 0 Å². The Bertz CT molecular complexity index is 143. The first-order chi connectivity index (χ1) is 4.38. The molecule has 0 aromatic rings. The Morgan fingerprint density at radius 1 is 1.44 bits per heavy atom. The van der Waals surface area contributed by atoms with E-state index in [9.17, 15) is 4.79 Å². The zero-order chi connectivity index (χ0) is 6.27. The van der Waals surface area contributed by atoms with Crippen molar-refractivity contribution in [1.82, 2.24) is 0 Å². The topological polar surface area (TPSA) is 35.5 Å². The van der Waals surface area contributed by atoms with E-state index in [-0.39, 0.29) is 24.6 Å². The summed E-state index contributed by atoms with van der Waals surface area (Å²) in [7, 11) is 0. The fraction of sp³-hybridized carbons (Fsp3) is 0.833. The second-order valence-corrected chi connectivity index (χ2v) is 2.40. The molecular weight excluding hydrogens is 120 g/mol. The number of ketones is 1. The Labute approximate surface area is 52.9 Å². The number of rotatable bonds is 0. The average molecular weight is 128 g/mol. The Morgan fingerprint density at radius 2 is 2.33 bits per heavy atom. The zero-order valence-electron chi connectivity index (χ0n) is 5.00. The van der Waals surface area contributed by atoms with Crippen LogP contribution in [0.1, 0.15) is 6.42 Å². The van der Waals surface area contributed by atoms with Gasteiger partial charge in [0.1, 0.15) is 12.7 Å². The summed E-state index contributed by atoms with van der Waals surface area (Å²) in [6.07, 6.45) is 0.749. The largest absolute Gasteiger partial charge is 0.367 e. The Kier molecular flexibility index (Phi) is 1.07. The Balaban J connectivity index is 2.15. The van der Waals surface area contributed by atoms with E-state index in [0.717, 1.165) is 6.42 Å². The summed E-state index contributed by atoms with van der Waals surface area (Å²) < 4.78 is 10.2. The Hall–Kier alpha value is -0.410. The molecule has 0 bridgehead atoms. The van der Waals surface area contributed by atoms with E-state index >= 15 is 0 Å². The molecule has 2 unspecified atom stereocenters. The standard InChI is InChI=1S/C6H8O3/c7-4-3-9-5-1-2-8-6(4)5/h5-6H,1-3H2. The van der Waals surface area contributed by atoms with Gasteiger partial charge in [0, 0.05) is 0 Å². The zero-order valence-corrected chi connectivity index (χ0v) is 5.00. The lowest BCUT2D eigenvalue weighted by Gasteiger charge is -2.01. The van der Waals surface area contributed by atoms with Gasteiger partial charge >= 0.3 is 0 Å². The molecule has 2 atom stereocenters. The van der Waals surface area contributed by atoms with Crippen molar-refractivity contribution in [3.05, 3.63) is 0 Å². The second-order valence-electron chi connectivity index (χ2n) is 2.40. The summed E-state index contributed by atoms with van der Waals surface area (Å²) in [6, 6.07) is 0. The maximum Gasteiger partial charge on any atom is 0.189 e. The molecule has 9 heavy (non-hydrogen) atoms. The lowest BCUT2D eigenvalue weighted by molar-refractivity contribution is -0.124. The van der Waals surface area contributed by atoms with Crippen LogP contribution in [0.3, 0.4) is 0 Å². The van der Waals surface area contributed by atoms with Gasteiger partial charge < -0.3 is 9.47 Å². The predicted molar refractivity (Wildman–Crippen MR) is 29.1 cm³/mol. The van der Waals surface area contributed by atoms with Gasteiger partial charge in [-0.3, -0.25) is 4.79 Å². The van der Waals surface area contributed by atoms with Gasteiger partial charge in [-0.05, 0) is 6.42 Å². The minimum absolute atomic E-state index is 0.0810. The first-order valence-electron chi connectivity index (χ1n) is 3.14. The van der Waals surface area contributed by atoms with Crippen molar-refractivity contribution in [3.8, 4) is 0 Å². The van der Waals surface area contributed by atoms with E-state index in [2.05, 4.69) is 0 Å². The normalized spacial score (nSPS) is 41.6. The summed E-state index contributed by atoms with van der Waals surface area (Å²) in [5.74, 6) is 0.109. The monoisotopic (exact) mass is 128 g/mol. The van der Waals surface area contributed by atoms with Gasteiger partial charge in [-0.15, -0.1) is 0 Å². The molecule has 50 valence electrons. The molecule has 2 aliphatic rings. The average Bonchev–Trinajstić information content (AvgIpc) is 2.35. The van der Waals surface area contributed by atoms with E-state index in [1.807, 2.05) is 0 Å². The quantitative estimate of drug-likeness (QED) is 0.451. The van der Waals surface area contributed by atoms with Crippen LogP contribution in [-0.2, 0) is 14.3 Å². The van der Waals surface area contributed by atoms with Crippen LogP contribution in [0, 0.1) is 0 Å². The number of fused-ring (bicyclic) bond motifs is 1. The summed E-state index contributed by atoms with van der Waals surface area (Å²) in [5.41, 5.74) is 0. The van der Waals surface area contributed by atoms with E-state index in [1.165, 1.54) is 0 Å². The molecule has 0 amide bonds. The van der Waals surface area contributed by atoms with Gasteiger partial charge in [0.05, 0.1) is 12.7 Å². The molecule has 2 saturated heterocycles. The lowest BCUT2D eigenvalue weighted by atomic mass is 10.2. The summed E-state index contributed by atoms with van der Waals surface area (Å²) >= 11 is 0. The third-order valence-electron chi connectivity index (χ3n) is 1.79. The number of carbonyl (C=O) groups excluding carboxylic acids is 1. The first kappa shape index (κ1) is 5.38. The van der Waals surface area contributed by atoms with Crippen molar-refractivity contribution in [3.63, 3.8) is 0 Å². The second kappa shape index (κ2) is 1.78. The van der Waals surface area contributed by atoms with E-state index in [4.69, 9.17) is 9.47 Å². The third-order valence-corrected chi connectivity index (χ3v) is 1.79. The van der Waals surface area contributed by atoms with Crippen LogP contribution in [-0.4, -0.2) is 31.2 Å². The van der Waals surface area contributed by atoms with Gasteiger partial charge in [0.15, 0.2) is 5.78 Å². The Morgan fingerprint density at radius 3 is 3.11 bits per heavy atom. The smallest absolute Gasteiger partial charge is 0.189 e. The van der Waals surface area contributed by atoms with Crippen LogP contribution in [0.25, 0.3) is 0 Å². The molecule has 2 heterocycles. The molecule has 0 radical (unpaired) electrons. The number of carbonyl (C=O) groups is 1. The number of Topliss-reactive ketones (excluding diaryl/α,β-unsaturated/α-hetero) is 1. The number of hydrogen-bond acceptors (Lipinski definition) is 3. The summed E-state index contributed by atoms with van der Waals surface area (Å²) in [5, 5.41) is 0. The van der Waals surface area contributed by atoms with Crippen LogP contribution in [0.15, 0.2) is 0 Å². The first-order valence-corrected chi connectivity index (χ1v) is 3.14. The highest BCUT2D eigenvalue weighted by Crippen LogP contribution is 2.22. The summed E-state index contributed by atoms with van der Waals surface area (Å²) in [4.78, 5) is 10.8. The molecule has 0 aliphatic carbocycles. The van der Waals surface area contributed by atoms with Crippen molar-refractivity contribution in [2.45, 2.75) is 18.6 Å². The maximum atomic E-state index is 10.8. The molecule has 0 aromatic carbocycles. The van der Waals surface area contributed by atoms with Gasteiger partial charge in [0.25, 0.3) is 0 Å².